The standard InChI is InChI=1S/C11H21N3O4/c1-3-13(2)5-4-12-11(18)14-7-8(15)6-9(14)10(16)17/h8-9,15H,3-7H2,1-2H3,(H,12,18)(H,16,17)/t8-,9+/m1/s1. The summed E-state index contributed by atoms with van der Waals surface area (Å²) in [6.45, 7) is 4.14. The van der Waals surface area contributed by atoms with Crippen molar-refractivity contribution in [2.75, 3.05) is 33.2 Å². The summed E-state index contributed by atoms with van der Waals surface area (Å²) in [5, 5.41) is 21.1. The zero-order valence-corrected chi connectivity index (χ0v) is 10.8. The topological polar surface area (TPSA) is 93.1 Å². The van der Waals surface area contributed by atoms with E-state index in [0.29, 0.717) is 13.1 Å². The first-order chi connectivity index (χ1) is 8.45. The summed E-state index contributed by atoms with van der Waals surface area (Å²) in [4.78, 5) is 26.0. The van der Waals surface area contributed by atoms with Gasteiger partial charge in [-0.3, -0.25) is 0 Å². The van der Waals surface area contributed by atoms with Crippen LogP contribution in [0.25, 0.3) is 0 Å². The van der Waals surface area contributed by atoms with E-state index in [1.807, 2.05) is 18.9 Å². The van der Waals surface area contributed by atoms with Crippen LogP contribution in [-0.4, -0.2) is 77.4 Å². The summed E-state index contributed by atoms with van der Waals surface area (Å²) >= 11 is 0. The van der Waals surface area contributed by atoms with Crippen molar-refractivity contribution in [3.8, 4) is 0 Å². The molecule has 1 saturated heterocycles. The van der Waals surface area contributed by atoms with Crippen LogP contribution in [0.1, 0.15) is 13.3 Å². The molecule has 2 atom stereocenters. The van der Waals surface area contributed by atoms with Crippen LogP contribution in [0.2, 0.25) is 0 Å². The van der Waals surface area contributed by atoms with Gasteiger partial charge in [0, 0.05) is 26.1 Å². The number of aliphatic carboxylic acids is 1. The van der Waals surface area contributed by atoms with Gasteiger partial charge in [-0.1, -0.05) is 6.92 Å². The van der Waals surface area contributed by atoms with E-state index in [4.69, 9.17) is 5.11 Å². The van der Waals surface area contributed by atoms with Crippen LogP contribution in [0.5, 0.6) is 0 Å². The average molecular weight is 259 g/mol. The van der Waals surface area contributed by atoms with Gasteiger partial charge in [-0.25, -0.2) is 9.59 Å². The fourth-order valence-corrected chi connectivity index (χ4v) is 1.89. The summed E-state index contributed by atoms with van der Waals surface area (Å²) in [6.07, 6.45) is -0.660. The van der Waals surface area contributed by atoms with E-state index in [1.54, 1.807) is 0 Å². The van der Waals surface area contributed by atoms with Gasteiger partial charge in [0.05, 0.1) is 6.10 Å². The number of carboxylic acids is 1. The molecule has 7 nitrogen and oxygen atoms in total. The van der Waals surface area contributed by atoms with Crippen molar-refractivity contribution in [1.82, 2.24) is 15.1 Å². The van der Waals surface area contributed by atoms with E-state index in [-0.39, 0.29) is 13.0 Å². The number of aliphatic hydroxyl groups excluding tert-OH is 1. The van der Waals surface area contributed by atoms with E-state index in [9.17, 15) is 14.7 Å². The van der Waals surface area contributed by atoms with E-state index in [2.05, 4.69) is 5.32 Å². The molecule has 0 spiro atoms. The van der Waals surface area contributed by atoms with E-state index in [1.165, 1.54) is 4.90 Å². The Bertz CT molecular complexity index is 311. The number of nitrogens with zero attached hydrogens (tertiary/aromatic N) is 2. The van der Waals surface area contributed by atoms with Crippen LogP contribution in [0.4, 0.5) is 4.79 Å². The number of carboxylic acid groups (broad SMARTS) is 1. The zero-order valence-electron chi connectivity index (χ0n) is 10.8. The third kappa shape index (κ3) is 3.85. The Kier molecular flexibility index (Phi) is 5.36. The highest BCUT2D eigenvalue weighted by Gasteiger charge is 2.38. The Morgan fingerprint density at radius 2 is 2.17 bits per heavy atom. The normalized spacial score (nSPS) is 23.4. The van der Waals surface area contributed by atoms with Crippen LogP contribution in [0, 0.1) is 0 Å². The molecule has 1 rings (SSSR count). The lowest BCUT2D eigenvalue weighted by atomic mass is 10.2. The number of carbonyl (C=O) groups is 2. The highest BCUT2D eigenvalue weighted by Crippen LogP contribution is 2.17. The molecule has 0 aromatic heterocycles. The van der Waals surface area contributed by atoms with Crippen molar-refractivity contribution in [2.24, 2.45) is 0 Å². The lowest BCUT2D eigenvalue weighted by Crippen LogP contribution is -2.47. The van der Waals surface area contributed by atoms with E-state index >= 15 is 0 Å². The monoisotopic (exact) mass is 259 g/mol. The first-order valence-electron chi connectivity index (χ1n) is 6.09. The lowest BCUT2D eigenvalue weighted by Gasteiger charge is -2.22. The third-order valence-electron chi connectivity index (χ3n) is 3.13. The molecular formula is C11H21N3O4. The summed E-state index contributed by atoms with van der Waals surface area (Å²) < 4.78 is 0. The van der Waals surface area contributed by atoms with Crippen molar-refractivity contribution in [3.05, 3.63) is 0 Å². The molecule has 1 aliphatic rings. The highest BCUT2D eigenvalue weighted by molar-refractivity contribution is 5.83. The molecule has 0 aromatic rings. The van der Waals surface area contributed by atoms with Gasteiger partial charge in [-0.2, -0.15) is 0 Å². The Balaban J connectivity index is 2.43. The molecule has 2 amide bonds. The van der Waals surface area contributed by atoms with Gasteiger partial charge in [0.2, 0.25) is 0 Å². The Morgan fingerprint density at radius 1 is 1.50 bits per heavy atom. The first kappa shape index (κ1) is 14.7. The van der Waals surface area contributed by atoms with Gasteiger partial charge >= 0.3 is 12.0 Å². The Morgan fingerprint density at radius 3 is 2.72 bits per heavy atom. The quantitative estimate of drug-likeness (QED) is 0.599. The molecule has 1 heterocycles. The molecule has 0 bridgehead atoms. The number of likely N-dealkylation sites (tertiary alicyclic amines) is 1. The molecular weight excluding hydrogens is 238 g/mol. The van der Waals surface area contributed by atoms with Gasteiger partial charge in [-0.15, -0.1) is 0 Å². The molecule has 0 radical (unpaired) electrons. The van der Waals surface area contributed by atoms with Crippen LogP contribution < -0.4 is 5.32 Å². The molecule has 1 fully saturated rings. The number of likely N-dealkylation sites (N-methyl/N-ethyl adjacent to an activating group) is 1. The summed E-state index contributed by atoms with van der Waals surface area (Å²) in [5.41, 5.74) is 0. The zero-order chi connectivity index (χ0) is 13.7. The first-order valence-corrected chi connectivity index (χ1v) is 6.09. The number of carbonyl (C=O) groups excluding carboxylic acids is 1. The molecule has 1 aliphatic heterocycles. The van der Waals surface area contributed by atoms with Gasteiger partial charge < -0.3 is 25.3 Å². The largest absolute Gasteiger partial charge is 0.480 e. The van der Waals surface area contributed by atoms with Gasteiger partial charge in [0.25, 0.3) is 0 Å². The molecule has 0 aliphatic carbocycles. The summed E-state index contributed by atoms with van der Waals surface area (Å²) in [5.74, 6) is -1.08. The number of hydrogen-bond donors (Lipinski definition) is 3. The maximum absolute atomic E-state index is 11.8. The third-order valence-corrected chi connectivity index (χ3v) is 3.13. The maximum Gasteiger partial charge on any atom is 0.326 e. The Labute approximate surface area is 106 Å². The summed E-state index contributed by atoms with van der Waals surface area (Å²) in [6, 6.07) is -1.35. The molecule has 104 valence electrons. The second-order valence-electron chi connectivity index (χ2n) is 4.52. The minimum absolute atomic E-state index is 0.0758. The lowest BCUT2D eigenvalue weighted by molar-refractivity contribution is -0.141. The van der Waals surface area contributed by atoms with Crippen molar-refractivity contribution in [2.45, 2.75) is 25.5 Å². The van der Waals surface area contributed by atoms with Crippen LogP contribution in [0.3, 0.4) is 0 Å². The Hall–Kier alpha value is -1.34. The number of rotatable bonds is 5. The number of hydrogen-bond acceptors (Lipinski definition) is 4. The second-order valence-corrected chi connectivity index (χ2v) is 4.52. The summed E-state index contributed by atoms with van der Waals surface area (Å²) in [7, 11) is 1.94. The van der Waals surface area contributed by atoms with Gasteiger partial charge in [0.15, 0.2) is 0 Å². The second kappa shape index (κ2) is 6.55. The molecule has 0 saturated carbocycles. The maximum atomic E-state index is 11.8. The average Bonchev–Trinajstić information content (AvgIpc) is 2.71. The van der Waals surface area contributed by atoms with Crippen molar-refractivity contribution >= 4 is 12.0 Å². The van der Waals surface area contributed by atoms with Crippen LogP contribution in [-0.2, 0) is 4.79 Å². The molecule has 0 aromatic carbocycles. The predicted molar refractivity (Wildman–Crippen MR) is 65.3 cm³/mol. The van der Waals surface area contributed by atoms with Gasteiger partial charge in [-0.05, 0) is 13.6 Å². The van der Waals surface area contributed by atoms with E-state index < -0.39 is 24.1 Å². The van der Waals surface area contributed by atoms with Crippen molar-refractivity contribution < 1.29 is 19.8 Å². The molecule has 3 N–H and O–H groups in total. The number of nitrogens with one attached hydrogen (secondary N) is 1. The minimum atomic E-state index is -1.08. The predicted octanol–water partition coefficient (Wildman–Crippen LogP) is -0.832. The van der Waals surface area contributed by atoms with Crippen LogP contribution >= 0.6 is 0 Å². The molecule has 18 heavy (non-hydrogen) atoms. The SMILES string of the molecule is CCN(C)CCNC(=O)N1C[C@H](O)C[C@H]1C(=O)O. The van der Waals surface area contributed by atoms with Gasteiger partial charge in [0.1, 0.15) is 6.04 Å². The van der Waals surface area contributed by atoms with Crippen LogP contribution in [0.15, 0.2) is 0 Å². The number of β-amino-alcohol motifs (C(OH)–C–C–N with tert-alkyl or cyclic N) is 1. The molecule has 7 heteroatoms. The number of urea groups is 1. The highest BCUT2D eigenvalue weighted by atomic mass is 16.4. The van der Waals surface area contributed by atoms with Crippen molar-refractivity contribution in [3.63, 3.8) is 0 Å². The minimum Gasteiger partial charge on any atom is -0.480 e. The number of amides is 2. The fraction of sp³-hybridized carbons (Fsp3) is 0.818. The number of aliphatic hydroxyl groups is 1. The fourth-order valence-electron chi connectivity index (χ4n) is 1.89. The smallest absolute Gasteiger partial charge is 0.326 e. The van der Waals surface area contributed by atoms with Crippen molar-refractivity contribution in [1.29, 1.82) is 0 Å². The van der Waals surface area contributed by atoms with E-state index in [0.717, 1.165) is 6.54 Å². The molecule has 0 unspecified atom stereocenters.